The van der Waals surface area contributed by atoms with E-state index in [2.05, 4.69) is 17.8 Å². The van der Waals surface area contributed by atoms with E-state index in [9.17, 15) is 17.4 Å². The van der Waals surface area contributed by atoms with E-state index < -0.39 is 21.3 Å². The zero-order valence-corrected chi connectivity index (χ0v) is 10.6. The number of halogens is 3. The number of thiol groups is 1. The van der Waals surface area contributed by atoms with Gasteiger partial charge in [0.1, 0.15) is 5.03 Å². The Morgan fingerprint density at radius 3 is 2.53 bits per heavy atom. The highest BCUT2D eigenvalue weighted by Crippen LogP contribution is 2.25. The van der Waals surface area contributed by atoms with Crippen molar-refractivity contribution in [2.45, 2.75) is 24.0 Å². The van der Waals surface area contributed by atoms with Crippen LogP contribution in [0.4, 0.5) is 13.2 Å². The molecule has 0 fully saturated rings. The Morgan fingerprint density at radius 1 is 1.47 bits per heavy atom. The van der Waals surface area contributed by atoms with E-state index in [1.165, 1.54) is 12.3 Å². The maximum absolute atomic E-state index is 12.1. The number of hydrogen-bond acceptors (Lipinski definition) is 4. The van der Waals surface area contributed by atoms with Gasteiger partial charge in [0, 0.05) is 19.3 Å². The smallest absolute Gasteiger partial charge is 0.249 e. The number of rotatable bonds is 4. The first kappa shape index (κ1) is 14.5. The van der Waals surface area contributed by atoms with Gasteiger partial charge in [-0.1, -0.05) is 25.8 Å². The predicted octanol–water partition coefficient (Wildman–Crippen LogP) is 2.38. The lowest BCUT2D eigenvalue weighted by molar-refractivity contribution is -0.0386. The summed E-state index contributed by atoms with van der Waals surface area (Å²) in [6.45, 7) is 3.05. The molecule has 1 rings (SSSR count). The van der Waals surface area contributed by atoms with Crippen molar-refractivity contribution in [3.8, 4) is 0 Å². The molecule has 0 aliphatic rings. The second kappa shape index (κ2) is 5.83. The third kappa shape index (κ3) is 4.29. The van der Waals surface area contributed by atoms with Gasteiger partial charge in [-0.2, -0.15) is 13.2 Å². The number of pyridine rings is 1. The normalized spacial score (nSPS) is 14.0. The van der Waals surface area contributed by atoms with Gasteiger partial charge in [-0.3, -0.25) is 0 Å². The van der Waals surface area contributed by atoms with E-state index in [-0.39, 0.29) is 0 Å². The first-order valence-electron chi connectivity index (χ1n) is 4.72. The summed E-state index contributed by atoms with van der Waals surface area (Å²) in [5.41, 5.74) is -4.06. The number of aromatic nitrogens is 1. The molecule has 0 bridgehead atoms. The van der Waals surface area contributed by atoms with Gasteiger partial charge in [0.05, 0.1) is 0 Å². The molecule has 0 radical (unpaired) electrons. The first-order valence-corrected chi connectivity index (χ1v) is 6.27. The maximum atomic E-state index is 12.1. The van der Waals surface area contributed by atoms with Crippen molar-refractivity contribution < 1.29 is 17.4 Å². The van der Waals surface area contributed by atoms with Crippen LogP contribution < -0.4 is 0 Å². The van der Waals surface area contributed by atoms with Gasteiger partial charge in [0.25, 0.3) is 0 Å². The molecule has 96 valence electrons. The average Bonchev–Trinajstić information content (AvgIpc) is 2.27. The van der Waals surface area contributed by atoms with Crippen LogP contribution in [0.15, 0.2) is 23.4 Å². The molecule has 0 aromatic carbocycles. The van der Waals surface area contributed by atoms with E-state index in [1.54, 1.807) is 4.31 Å². The highest BCUT2D eigenvalue weighted by atomic mass is 32.2. The molecular weight excluding hydrogens is 273 g/mol. The van der Waals surface area contributed by atoms with Crippen molar-refractivity contribution in [1.29, 1.82) is 0 Å². The van der Waals surface area contributed by atoms with E-state index >= 15 is 0 Å². The van der Waals surface area contributed by atoms with E-state index in [0.717, 1.165) is 6.07 Å². The topological polar surface area (TPSA) is 33.2 Å². The summed E-state index contributed by atoms with van der Waals surface area (Å²) in [5.74, 6) is 0. The molecule has 1 heterocycles. The molecule has 3 nitrogen and oxygen atoms in total. The molecule has 17 heavy (non-hydrogen) atoms. The lowest BCUT2D eigenvalue weighted by atomic mass is 10.3. The summed E-state index contributed by atoms with van der Waals surface area (Å²) < 4.78 is 49.1. The molecule has 0 spiro atoms. The lowest BCUT2D eigenvalue weighted by Crippen LogP contribution is -2.17. The molecule has 0 saturated heterocycles. The molecule has 0 aliphatic carbocycles. The monoisotopic (exact) mass is 284 g/mol. The van der Waals surface area contributed by atoms with Crippen molar-refractivity contribution in [3.05, 3.63) is 23.9 Å². The summed E-state index contributed by atoms with van der Waals surface area (Å²) in [4.78, 5) is 3.55. The summed E-state index contributed by atoms with van der Waals surface area (Å²) >= 11 is 4.12. The van der Waals surface area contributed by atoms with Gasteiger partial charge in [-0.15, -0.1) is 0 Å². The minimum atomic E-state index is -4.77. The largest absolute Gasteiger partial charge is 0.477 e. The molecule has 1 aromatic rings. The summed E-state index contributed by atoms with van der Waals surface area (Å²) in [7, 11) is -3.07. The minimum Gasteiger partial charge on any atom is -0.249 e. The average molecular weight is 284 g/mol. The zero-order valence-electron chi connectivity index (χ0n) is 8.94. The molecular formula is C9H11F3N2OS2. The minimum absolute atomic E-state index is 0.464. The Balaban J connectivity index is 2.78. The molecule has 0 saturated carbocycles. The second-order valence-electron chi connectivity index (χ2n) is 3.20. The zero-order chi connectivity index (χ0) is 13.1. The second-order valence-corrected chi connectivity index (χ2v) is 5.18. The Hall–Kier alpha value is -0.600. The SMILES string of the molecule is CCN(S)Cc1ccc(S(=O)C(F)(F)F)nc1. The van der Waals surface area contributed by atoms with Gasteiger partial charge in [-0.25, -0.2) is 13.5 Å². The fourth-order valence-corrected chi connectivity index (χ4v) is 1.80. The number of hydrogen-bond donors (Lipinski definition) is 1. The summed E-state index contributed by atoms with van der Waals surface area (Å²) in [6.07, 6.45) is 1.28. The maximum Gasteiger partial charge on any atom is 0.477 e. The van der Waals surface area contributed by atoms with Crippen LogP contribution in [0, 0.1) is 0 Å². The molecule has 8 heteroatoms. The van der Waals surface area contributed by atoms with Crippen molar-refractivity contribution in [1.82, 2.24) is 9.29 Å². The number of alkyl halides is 3. The van der Waals surface area contributed by atoms with Gasteiger partial charge in [-0.05, 0) is 11.6 Å². The molecule has 0 aliphatic heterocycles. The van der Waals surface area contributed by atoms with Gasteiger partial charge in [0.15, 0.2) is 10.8 Å². The van der Waals surface area contributed by atoms with Crippen LogP contribution in [-0.2, 0) is 17.3 Å². The Morgan fingerprint density at radius 2 is 2.12 bits per heavy atom. The standard InChI is InChI=1S/C9H11F3N2OS2/c1-2-14(16)6-7-3-4-8(13-5-7)17(15)9(10,11)12/h3-5,16H,2,6H2,1H3. The molecule has 1 aromatic heterocycles. The predicted molar refractivity (Wildman–Crippen MR) is 61.8 cm³/mol. The van der Waals surface area contributed by atoms with E-state index in [0.29, 0.717) is 18.7 Å². The first-order chi connectivity index (χ1) is 7.84. The molecule has 1 atom stereocenters. The Kier molecular flexibility index (Phi) is 4.96. The highest BCUT2D eigenvalue weighted by molar-refractivity contribution is 7.85. The highest BCUT2D eigenvalue weighted by Gasteiger charge is 2.38. The van der Waals surface area contributed by atoms with Gasteiger partial charge in [0.2, 0.25) is 0 Å². The van der Waals surface area contributed by atoms with Gasteiger partial charge < -0.3 is 0 Å². The van der Waals surface area contributed by atoms with Crippen molar-refractivity contribution in [2.24, 2.45) is 0 Å². The summed E-state index contributed by atoms with van der Waals surface area (Å²) in [6, 6.07) is 2.58. The van der Waals surface area contributed by atoms with Crippen molar-refractivity contribution >= 4 is 23.6 Å². The third-order valence-corrected chi connectivity index (χ3v) is 3.39. The van der Waals surface area contributed by atoms with Crippen molar-refractivity contribution in [2.75, 3.05) is 6.54 Å². The molecule has 0 amide bonds. The Labute approximate surface area is 105 Å². The van der Waals surface area contributed by atoms with Crippen LogP contribution in [-0.4, -0.2) is 25.6 Å². The molecule has 1 unspecified atom stereocenters. The van der Waals surface area contributed by atoms with Crippen LogP contribution in [0.25, 0.3) is 0 Å². The fraction of sp³-hybridized carbons (Fsp3) is 0.444. The van der Waals surface area contributed by atoms with E-state index in [4.69, 9.17) is 0 Å². The van der Waals surface area contributed by atoms with Crippen LogP contribution >= 0.6 is 12.8 Å². The van der Waals surface area contributed by atoms with Crippen molar-refractivity contribution in [3.63, 3.8) is 0 Å². The van der Waals surface area contributed by atoms with Gasteiger partial charge >= 0.3 is 5.51 Å². The summed E-state index contributed by atoms with van der Waals surface area (Å²) in [5, 5.41) is -0.483. The van der Waals surface area contributed by atoms with Crippen LogP contribution in [0.5, 0.6) is 0 Å². The Bertz CT molecular complexity index is 394. The van der Waals surface area contributed by atoms with E-state index in [1.807, 2.05) is 6.92 Å². The van der Waals surface area contributed by atoms with Crippen LogP contribution in [0.1, 0.15) is 12.5 Å². The third-order valence-electron chi connectivity index (χ3n) is 1.93. The lowest BCUT2D eigenvalue weighted by Gasteiger charge is -2.12. The van der Waals surface area contributed by atoms with Crippen LogP contribution in [0.3, 0.4) is 0 Å². The fourth-order valence-electron chi connectivity index (χ4n) is 1.06. The molecule has 0 N–H and O–H groups in total. The number of nitrogens with zero attached hydrogens (tertiary/aromatic N) is 2. The van der Waals surface area contributed by atoms with Crippen LogP contribution in [0.2, 0.25) is 0 Å². The quantitative estimate of drug-likeness (QED) is 0.862.